The van der Waals surface area contributed by atoms with E-state index in [1.807, 2.05) is 0 Å². The molecule has 0 aliphatic heterocycles. The van der Waals surface area contributed by atoms with E-state index in [9.17, 15) is 5.11 Å². The van der Waals surface area contributed by atoms with Crippen molar-refractivity contribution in [1.82, 2.24) is 0 Å². The van der Waals surface area contributed by atoms with Gasteiger partial charge in [0.05, 0.1) is 0 Å². The zero-order valence-electron chi connectivity index (χ0n) is 5.81. The lowest BCUT2D eigenvalue weighted by atomic mass is 10.00. The number of halogens is 1. The summed E-state index contributed by atoms with van der Waals surface area (Å²) >= 11 is 3.09. The van der Waals surface area contributed by atoms with E-state index in [0.717, 1.165) is 0 Å². The second-order valence-corrected chi connectivity index (χ2v) is 2.81. The van der Waals surface area contributed by atoms with Crippen molar-refractivity contribution in [2.75, 3.05) is 0 Å². The molecule has 0 aromatic heterocycles. The van der Waals surface area contributed by atoms with E-state index in [2.05, 4.69) is 15.9 Å². The Morgan fingerprint density at radius 1 is 1.45 bits per heavy atom. The minimum Gasteiger partial charge on any atom is -0.386 e. The fourth-order valence-corrected chi connectivity index (χ4v) is 1.21. The zero-order valence-corrected chi connectivity index (χ0v) is 7.40. The summed E-state index contributed by atoms with van der Waals surface area (Å²) in [6.45, 7) is 0. The molecule has 11 heavy (non-hydrogen) atoms. The van der Waals surface area contributed by atoms with Gasteiger partial charge in [0.2, 0.25) is 0 Å². The quantitative estimate of drug-likeness (QED) is 0.690. The lowest BCUT2D eigenvalue weighted by molar-refractivity contribution is 0.0738. The standard InChI is InChI=1S/C8H9BrO2/c9-5-4-6-2-1-3-7(10)8(6)11/h1-5,7-8,10-11H/b5-4-/t7-,8+/m0/s1. The lowest BCUT2D eigenvalue weighted by Crippen LogP contribution is -2.26. The number of aliphatic hydroxyl groups is 2. The van der Waals surface area contributed by atoms with Crippen LogP contribution in [-0.2, 0) is 0 Å². The molecule has 0 spiro atoms. The molecule has 0 aromatic carbocycles. The summed E-state index contributed by atoms with van der Waals surface area (Å²) < 4.78 is 0. The fraction of sp³-hybridized carbons (Fsp3) is 0.250. The maximum atomic E-state index is 9.33. The third-order valence-corrected chi connectivity index (χ3v) is 1.78. The van der Waals surface area contributed by atoms with Gasteiger partial charge in [-0.2, -0.15) is 0 Å². The molecule has 0 saturated heterocycles. The molecule has 0 saturated carbocycles. The van der Waals surface area contributed by atoms with Crippen LogP contribution < -0.4 is 0 Å². The van der Waals surface area contributed by atoms with Crippen LogP contribution in [0.25, 0.3) is 0 Å². The van der Waals surface area contributed by atoms with Crippen molar-refractivity contribution in [1.29, 1.82) is 0 Å². The van der Waals surface area contributed by atoms with E-state index in [1.54, 1.807) is 29.3 Å². The smallest absolute Gasteiger partial charge is 0.108 e. The molecule has 0 aromatic rings. The van der Waals surface area contributed by atoms with Crippen LogP contribution >= 0.6 is 15.9 Å². The number of hydrogen-bond acceptors (Lipinski definition) is 2. The van der Waals surface area contributed by atoms with E-state index in [-0.39, 0.29) is 0 Å². The van der Waals surface area contributed by atoms with Gasteiger partial charge in [0.15, 0.2) is 0 Å². The van der Waals surface area contributed by atoms with Gasteiger partial charge in [-0.15, -0.1) is 0 Å². The Kier molecular flexibility index (Phi) is 3.05. The second-order valence-electron chi connectivity index (χ2n) is 2.28. The first-order valence-electron chi connectivity index (χ1n) is 3.27. The molecule has 0 amide bonds. The minimum atomic E-state index is -0.797. The molecule has 0 fully saturated rings. The summed E-state index contributed by atoms with van der Waals surface area (Å²) in [4.78, 5) is 1.65. The van der Waals surface area contributed by atoms with Crippen LogP contribution in [0.2, 0.25) is 0 Å². The molecule has 60 valence electrons. The zero-order chi connectivity index (χ0) is 8.27. The molecule has 1 aliphatic carbocycles. The summed E-state index contributed by atoms with van der Waals surface area (Å²) in [6.07, 6.45) is 5.16. The van der Waals surface area contributed by atoms with Crippen molar-refractivity contribution in [3.8, 4) is 0 Å². The summed E-state index contributed by atoms with van der Waals surface area (Å²) in [5.41, 5.74) is 0.705. The van der Waals surface area contributed by atoms with E-state index in [4.69, 9.17) is 5.11 Å². The molecule has 2 atom stereocenters. The van der Waals surface area contributed by atoms with Crippen molar-refractivity contribution in [3.05, 3.63) is 34.9 Å². The fourth-order valence-electron chi connectivity index (χ4n) is 0.908. The molecule has 2 N–H and O–H groups in total. The Bertz CT molecular complexity index is 218. The van der Waals surface area contributed by atoms with Crippen molar-refractivity contribution < 1.29 is 10.2 Å². The van der Waals surface area contributed by atoms with Gasteiger partial charge in [-0.1, -0.05) is 34.2 Å². The van der Waals surface area contributed by atoms with Gasteiger partial charge >= 0.3 is 0 Å². The van der Waals surface area contributed by atoms with Crippen molar-refractivity contribution >= 4 is 15.9 Å². The maximum absolute atomic E-state index is 9.33. The number of allylic oxidation sites excluding steroid dienone is 2. The van der Waals surface area contributed by atoms with Crippen LogP contribution in [0.15, 0.2) is 34.9 Å². The minimum absolute atomic E-state index is 0.705. The highest BCUT2D eigenvalue weighted by molar-refractivity contribution is 9.11. The second kappa shape index (κ2) is 3.85. The van der Waals surface area contributed by atoms with Crippen LogP contribution in [0.5, 0.6) is 0 Å². The van der Waals surface area contributed by atoms with E-state index in [1.165, 1.54) is 0 Å². The van der Waals surface area contributed by atoms with Crippen LogP contribution in [0, 0.1) is 0 Å². The molecule has 0 unspecified atom stereocenters. The summed E-state index contributed by atoms with van der Waals surface area (Å²) in [5, 5.41) is 18.5. The van der Waals surface area contributed by atoms with Crippen LogP contribution in [0.4, 0.5) is 0 Å². The highest BCUT2D eigenvalue weighted by Crippen LogP contribution is 2.15. The normalized spacial score (nSPS) is 31.0. The van der Waals surface area contributed by atoms with Crippen LogP contribution in [0.1, 0.15) is 0 Å². The van der Waals surface area contributed by atoms with Crippen molar-refractivity contribution in [3.63, 3.8) is 0 Å². The third-order valence-electron chi connectivity index (χ3n) is 1.52. The maximum Gasteiger partial charge on any atom is 0.108 e. The topological polar surface area (TPSA) is 40.5 Å². The van der Waals surface area contributed by atoms with Crippen molar-refractivity contribution in [2.45, 2.75) is 12.2 Å². The summed E-state index contributed by atoms with van der Waals surface area (Å²) in [6, 6.07) is 0. The Hall–Kier alpha value is -0.380. The number of hydrogen-bond donors (Lipinski definition) is 2. The Morgan fingerprint density at radius 2 is 2.18 bits per heavy atom. The average molecular weight is 217 g/mol. The van der Waals surface area contributed by atoms with Gasteiger partial charge < -0.3 is 10.2 Å². The summed E-state index contributed by atoms with van der Waals surface area (Å²) in [7, 11) is 0. The highest BCUT2D eigenvalue weighted by atomic mass is 79.9. The van der Waals surface area contributed by atoms with Crippen LogP contribution in [0.3, 0.4) is 0 Å². The molecule has 3 heteroatoms. The van der Waals surface area contributed by atoms with Crippen LogP contribution in [-0.4, -0.2) is 22.4 Å². The first kappa shape index (κ1) is 8.71. The van der Waals surface area contributed by atoms with Gasteiger partial charge in [0, 0.05) is 0 Å². The number of aliphatic hydroxyl groups excluding tert-OH is 2. The van der Waals surface area contributed by atoms with E-state index >= 15 is 0 Å². The molecule has 1 rings (SSSR count). The van der Waals surface area contributed by atoms with Crippen molar-refractivity contribution in [2.24, 2.45) is 0 Å². The Balaban J connectivity index is 2.78. The van der Waals surface area contributed by atoms with Gasteiger partial charge in [-0.05, 0) is 16.6 Å². The predicted molar refractivity (Wildman–Crippen MR) is 47.3 cm³/mol. The molecule has 1 aliphatic rings. The predicted octanol–water partition coefficient (Wildman–Crippen LogP) is 1.11. The first-order valence-corrected chi connectivity index (χ1v) is 4.18. The number of rotatable bonds is 1. The first-order chi connectivity index (χ1) is 5.25. The Morgan fingerprint density at radius 3 is 2.82 bits per heavy atom. The molecular weight excluding hydrogens is 208 g/mol. The molecule has 0 bridgehead atoms. The van der Waals surface area contributed by atoms with E-state index in [0.29, 0.717) is 5.57 Å². The van der Waals surface area contributed by atoms with Gasteiger partial charge in [-0.3, -0.25) is 0 Å². The monoisotopic (exact) mass is 216 g/mol. The van der Waals surface area contributed by atoms with Gasteiger partial charge in [-0.25, -0.2) is 0 Å². The summed E-state index contributed by atoms with van der Waals surface area (Å²) in [5.74, 6) is 0. The highest BCUT2D eigenvalue weighted by Gasteiger charge is 2.18. The lowest BCUT2D eigenvalue weighted by Gasteiger charge is -2.18. The Labute approximate surface area is 73.7 Å². The molecule has 0 radical (unpaired) electrons. The molecule has 2 nitrogen and oxygen atoms in total. The van der Waals surface area contributed by atoms with Gasteiger partial charge in [0.25, 0.3) is 0 Å². The molecule has 0 heterocycles. The largest absolute Gasteiger partial charge is 0.386 e. The molecular formula is C8H9BrO2. The average Bonchev–Trinajstić information content (AvgIpc) is 1.99. The van der Waals surface area contributed by atoms with E-state index < -0.39 is 12.2 Å². The van der Waals surface area contributed by atoms with Gasteiger partial charge in [0.1, 0.15) is 12.2 Å². The SMILES string of the molecule is O[C@@H]1C(/C=C\Br)=CC=C[C@@H]1O. The third kappa shape index (κ3) is 2.02.